The van der Waals surface area contributed by atoms with Gasteiger partial charge in [0.2, 0.25) is 5.91 Å². The molecule has 1 saturated heterocycles. The van der Waals surface area contributed by atoms with Crippen LogP contribution >= 0.6 is 0 Å². The minimum atomic E-state index is -0.378. The summed E-state index contributed by atoms with van der Waals surface area (Å²) in [5.74, 6) is -0.269. The van der Waals surface area contributed by atoms with Crippen LogP contribution in [0.25, 0.3) is 0 Å². The average molecular weight is 356 g/mol. The van der Waals surface area contributed by atoms with E-state index in [1.165, 1.54) is 5.56 Å². The molecular formula is C19H24N4O3. The molecule has 1 fully saturated rings. The van der Waals surface area contributed by atoms with E-state index in [4.69, 9.17) is 0 Å². The van der Waals surface area contributed by atoms with Gasteiger partial charge in [0.25, 0.3) is 5.91 Å². The molecule has 0 bridgehead atoms. The highest BCUT2D eigenvalue weighted by Crippen LogP contribution is 2.18. The summed E-state index contributed by atoms with van der Waals surface area (Å²) in [6, 6.07) is 7.41. The van der Waals surface area contributed by atoms with E-state index in [9.17, 15) is 14.4 Å². The number of allylic oxidation sites excluding steroid dienone is 1. The van der Waals surface area contributed by atoms with Gasteiger partial charge in [0.1, 0.15) is 6.54 Å². The number of rotatable bonds is 3. The molecule has 0 saturated carbocycles. The van der Waals surface area contributed by atoms with Crippen molar-refractivity contribution >= 4 is 17.8 Å². The zero-order chi connectivity index (χ0) is 18.8. The van der Waals surface area contributed by atoms with Crippen molar-refractivity contribution < 1.29 is 14.4 Å². The van der Waals surface area contributed by atoms with Crippen molar-refractivity contribution in [2.75, 3.05) is 19.6 Å². The highest BCUT2D eigenvalue weighted by atomic mass is 16.2. The molecule has 2 aliphatic heterocycles. The minimum absolute atomic E-state index is 0.0577. The largest absolute Gasteiger partial charge is 0.335 e. The van der Waals surface area contributed by atoms with Crippen molar-refractivity contribution in [2.24, 2.45) is 0 Å². The molecule has 1 atom stereocenters. The smallest absolute Gasteiger partial charge is 0.319 e. The van der Waals surface area contributed by atoms with Gasteiger partial charge in [-0.3, -0.25) is 9.59 Å². The number of piperazine rings is 1. The first-order valence-electron chi connectivity index (χ1n) is 8.76. The summed E-state index contributed by atoms with van der Waals surface area (Å²) in [5.41, 5.74) is 3.31. The number of carbonyl (C=O) groups excluding carboxylic acids is 3. The molecule has 26 heavy (non-hydrogen) atoms. The SMILES string of the molecule is CC1=C(C(=O)N2CCN(Cc3ccc(C)cc3)C(=O)C2)[C@@H](C)NC(=O)N1. The van der Waals surface area contributed by atoms with Gasteiger partial charge in [-0.25, -0.2) is 4.79 Å². The number of nitrogens with zero attached hydrogens (tertiary/aromatic N) is 2. The van der Waals surface area contributed by atoms with Gasteiger partial charge in [0, 0.05) is 25.3 Å². The van der Waals surface area contributed by atoms with Crippen LogP contribution in [-0.4, -0.2) is 53.3 Å². The molecule has 3 rings (SSSR count). The number of hydrogen-bond acceptors (Lipinski definition) is 3. The number of urea groups is 1. The summed E-state index contributed by atoms with van der Waals surface area (Å²) in [6.45, 7) is 7.09. The van der Waals surface area contributed by atoms with Crippen molar-refractivity contribution in [3.63, 3.8) is 0 Å². The van der Waals surface area contributed by atoms with Crippen LogP contribution in [0.3, 0.4) is 0 Å². The highest BCUT2D eigenvalue weighted by Gasteiger charge is 2.33. The van der Waals surface area contributed by atoms with Crippen LogP contribution in [0, 0.1) is 6.92 Å². The summed E-state index contributed by atoms with van der Waals surface area (Å²) >= 11 is 0. The lowest BCUT2D eigenvalue weighted by Gasteiger charge is -2.36. The molecule has 2 heterocycles. The lowest BCUT2D eigenvalue weighted by Crippen LogP contribution is -2.55. The predicted octanol–water partition coefficient (Wildman–Crippen LogP) is 1.14. The second-order valence-corrected chi connectivity index (χ2v) is 6.89. The third-order valence-electron chi connectivity index (χ3n) is 4.82. The molecule has 1 aromatic carbocycles. The Balaban J connectivity index is 1.65. The number of nitrogens with one attached hydrogen (secondary N) is 2. The maximum absolute atomic E-state index is 12.8. The van der Waals surface area contributed by atoms with Crippen LogP contribution in [-0.2, 0) is 16.1 Å². The van der Waals surface area contributed by atoms with Crippen molar-refractivity contribution in [3.05, 3.63) is 46.7 Å². The van der Waals surface area contributed by atoms with Gasteiger partial charge < -0.3 is 20.4 Å². The third kappa shape index (κ3) is 3.71. The van der Waals surface area contributed by atoms with Gasteiger partial charge in [-0.2, -0.15) is 0 Å². The fraction of sp³-hybridized carbons (Fsp3) is 0.421. The van der Waals surface area contributed by atoms with Gasteiger partial charge in [0.05, 0.1) is 11.6 Å². The van der Waals surface area contributed by atoms with Crippen molar-refractivity contribution in [1.82, 2.24) is 20.4 Å². The van der Waals surface area contributed by atoms with Gasteiger partial charge in [0.15, 0.2) is 0 Å². The number of amides is 4. The molecule has 0 unspecified atom stereocenters. The van der Waals surface area contributed by atoms with Crippen LogP contribution in [0.1, 0.15) is 25.0 Å². The number of carbonyl (C=O) groups is 3. The first kappa shape index (κ1) is 18.0. The molecule has 0 spiro atoms. The Morgan fingerprint density at radius 1 is 1.15 bits per heavy atom. The molecule has 7 heteroatoms. The molecule has 0 radical (unpaired) electrons. The summed E-state index contributed by atoms with van der Waals surface area (Å²) in [4.78, 5) is 40.2. The fourth-order valence-electron chi connectivity index (χ4n) is 3.35. The lowest BCUT2D eigenvalue weighted by atomic mass is 10.0. The van der Waals surface area contributed by atoms with E-state index in [2.05, 4.69) is 10.6 Å². The molecule has 0 aromatic heterocycles. The van der Waals surface area contributed by atoms with Gasteiger partial charge in [-0.15, -0.1) is 0 Å². The van der Waals surface area contributed by atoms with Crippen molar-refractivity contribution in [1.29, 1.82) is 0 Å². The van der Waals surface area contributed by atoms with Gasteiger partial charge >= 0.3 is 6.03 Å². The van der Waals surface area contributed by atoms with E-state index >= 15 is 0 Å². The Morgan fingerprint density at radius 3 is 2.46 bits per heavy atom. The Labute approximate surface area is 153 Å². The van der Waals surface area contributed by atoms with Gasteiger partial charge in [-0.1, -0.05) is 29.8 Å². The fourth-order valence-corrected chi connectivity index (χ4v) is 3.35. The third-order valence-corrected chi connectivity index (χ3v) is 4.82. The molecule has 138 valence electrons. The molecule has 7 nitrogen and oxygen atoms in total. The summed E-state index contributed by atoms with van der Waals surface area (Å²) in [7, 11) is 0. The zero-order valence-corrected chi connectivity index (χ0v) is 15.3. The van der Waals surface area contributed by atoms with Crippen LogP contribution in [0.15, 0.2) is 35.5 Å². The van der Waals surface area contributed by atoms with E-state index in [-0.39, 0.29) is 30.4 Å². The summed E-state index contributed by atoms with van der Waals surface area (Å²) in [6.07, 6.45) is 0. The first-order chi connectivity index (χ1) is 12.3. The van der Waals surface area contributed by atoms with E-state index < -0.39 is 0 Å². The van der Waals surface area contributed by atoms with E-state index in [0.717, 1.165) is 5.56 Å². The average Bonchev–Trinajstić information content (AvgIpc) is 2.57. The van der Waals surface area contributed by atoms with Crippen molar-refractivity contribution in [2.45, 2.75) is 33.4 Å². The van der Waals surface area contributed by atoms with Gasteiger partial charge in [-0.05, 0) is 26.3 Å². The Morgan fingerprint density at radius 2 is 1.85 bits per heavy atom. The van der Waals surface area contributed by atoms with Crippen LogP contribution in [0.5, 0.6) is 0 Å². The maximum Gasteiger partial charge on any atom is 0.319 e. The highest BCUT2D eigenvalue weighted by molar-refractivity contribution is 6.00. The number of aryl methyl sites for hydroxylation is 1. The molecular weight excluding hydrogens is 332 g/mol. The molecule has 4 amide bonds. The second-order valence-electron chi connectivity index (χ2n) is 6.89. The summed E-state index contributed by atoms with van der Waals surface area (Å²) < 4.78 is 0. The first-order valence-corrected chi connectivity index (χ1v) is 8.76. The number of benzene rings is 1. The van der Waals surface area contributed by atoms with Crippen LogP contribution in [0.2, 0.25) is 0 Å². The topological polar surface area (TPSA) is 81.8 Å². The monoisotopic (exact) mass is 356 g/mol. The van der Waals surface area contributed by atoms with E-state index in [0.29, 0.717) is 30.9 Å². The molecule has 2 N–H and O–H groups in total. The zero-order valence-electron chi connectivity index (χ0n) is 15.3. The Hall–Kier alpha value is -2.83. The normalized spacial score (nSPS) is 20.8. The van der Waals surface area contributed by atoms with Crippen LogP contribution in [0.4, 0.5) is 4.79 Å². The predicted molar refractivity (Wildman–Crippen MR) is 97.0 cm³/mol. The molecule has 1 aromatic rings. The Bertz CT molecular complexity index is 769. The van der Waals surface area contributed by atoms with E-state index in [1.54, 1.807) is 23.6 Å². The molecule has 0 aliphatic carbocycles. The van der Waals surface area contributed by atoms with E-state index in [1.807, 2.05) is 31.2 Å². The van der Waals surface area contributed by atoms with Crippen molar-refractivity contribution in [3.8, 4) is 0 Å². The van der Waals surface area contributed by atoms with Crippen LogP contribution < -0.4 is 10.6 Å². The summed E-state index contributed by atoms with van der Waals surface area (Å²) in [5, 5.41) is 5.31. The maximum atomic E-state index is 12.8. The standard InChI is InChI=1S/C19H24N4O3/c1-12-4-6-15(7-5-12)10-22-8-9-23(11-16(22)24)18(25)17-13(2)20-19(26)21-14(17)3/h4-7,13H,8-11H2,1-3H3,(H2,20,21,26)/t13-/m1/s1. The minimum Gasteiger partial charge on any atom is -0.335 e. The lowest BCUT2D eigenvalue weighted by molar-refractivity contribution is -0.144. The number of hydrogen-bond donors (Lipinski definition) is 2. The Kier molecular flexibility index (Phi) is 4.97. The second kappa shape index (κ2) is 7.19. The molecule has 2 aliphatic rings. The quantitative estimate of drug-likeness (QED) is 0.852.